The number of ketones is 3. The number of allylic oxidation sites excluding steroid dienone is 4. The molecule has 4 aliphatic carbocycles. The van der Waals surface area contributed by atoms with Crippen LogP contribution in [0.2, 0.25) is 0 Å². The summed E-state index contributed by atoms with van der Waals surface area (Å²) in [5, 5.41) is 22.2. The standard InChI is InChI=1S/C38H41FO8/c1-20-8-11-29(45-19-22-6-5-7-23(14-22)21(2)41)34(39)32(20)35-46-31-16-27-26-10-9-24-15-25(42)12-13-36(24,3)33(26)28(43)17-37(27,4)38(31,47-35)30(44)18-40/h5-8,11-15,26-28,31,33,35,40,43H,9-10,16-19H2,1-4H3/t26-,27-,28-,31+,33+,35+,36-,37-,38+/m0/s1. The molecular weight excluding hydrogens is 603 g/mol. The Morgan fingerprint density at radius 1 is 1.17 bits per heavy atom. The second-order valence-electron chi connectivity index (χ2n) is 14.5. The number of carbonyl (C=O) groups excluding carboxylic acids is 3. The molecule has 3 saturated carbocycles. The molecule has 0 unspecified atom stereocenters. The Bertz CT molecular complexity index is 1730. The lowest BCUT2D eigenvalue weighted by Crippen LogP contribution is -2.63. The first-order chi connectivity index (χ1) is 22.3. The highest BCUT2D eigenvalue weighted by molar-refractivity contribution is 6.01. The van der Waals surface area contributed by atoms with Crippen molar-refractivity contribution in [1.82, 2.24) is 0 Å². The summed E-state index contributed by atoms with van der Waals surface area (Å²) >= 11 is 0. The van der Waals surface area contributed by atoms with E-state index in [0.717, 1.165) is 12.0 Å². The number of aliphatic hydroxyl groups excluding tert-OH is 2. The number of carbonyl (C=O) groups is 3. The SMILES string of the molecule is CC(=O)c1cccc(COc2ccc(C)c([C@@H]3O[C@@H]4C[C@H]5[C@@H]6CCC7=CC(=O)C=C[C@]7(C)[C@H]6[C@@H](O)C[C@]5(C)[C@]4(C(=O)CO)O3)c2F)c1. The number of rotatable bonds is 7. The van der Waals surface area contributed by atoms with Gasteiger partial charge in [-0.15, -0.1) is 0 Å². The van der Waals surface area contributed by atoms with E-state index in [4.69, 9.17) is 14.2 Å². The summed E-state index contributed by atoms with van der Waals surface area (Å²) in [6.07, 6.45) is 4.53. The fourth-order valence-corrected chi connectivity index (χ4v) is 9.93. The largest absolute Gasteiger partial charge is 0.486 e. The van der Waals surface area contributed by atoms with Gasteiger partial charge < -0.3 is 24.4 Å². The molecular formula is C38H41FO8. The average Bonchev–Trinajstić information content (AvgIpc) is 3.53. The van der Waals surface area contributed by atoms with Gasteiger partial charge in [-0.3, -0.25) is 14.4 Å². The van der Waals surface area contributed by atoms with Crippen molar-refractivity contribution in [3.8, 4) is 5.75 Å². The van der Waals surface area contributed by atoms with Gasteiger partial charge in [0, 0.05) is 22.3 Å². The minimum absolute atomic E-state index is 0.0140. The highest BCUT2D eigenvalue weighted by atomic mass is 19.1. The van der Waals surface area contributed by atoms with Gasteiger partial charge in [0.15, 0.2) is 40.8 Å². The molecule has 2 aromatic carbocycles. The first-order valence-corrected chi connectivity index (χ1v) is 16.5. The molecule has 9 heteroatoms. The van der Waals surface area contributed by atoms with Crippen molar-refractivity contribution in [2.75, 3.05) is 6.61 Å². The Balaban J connectivity index is 1.20. The van der Waals surface area contributed by atoms with E-state index in [1.165, 1.54) is 13.0 Å². The van der Waals surface area contributed by atoms with Crippen molar-refractivity contribution in [3.05, 3.63) is 88.3 Å². The summed E-state index contributed by atoms with van der Waals surface area (Å²) in [7, 11) is 0. The molecule has 2 N–H and O–H groups in total. The number of hydrogen-bond acceptors (Lipinski definition) is 8. The van der Waals surface area contributed by atoms with Crippen LogP contribution in [0.5, 0.6) is 5.75 Å². The molecule has 0 aromatic heterocycles. The van der Waals surface area contributed by atoms with Gasteiger partial charge in [0.05, 0.1) is 17.8 Å². The number of aliphatic hydroxyl groups is 2. The minimum atomic E-state index is -1.60. The predicted octanol–water partition coefficient (Wildman–Crippen LogP) is 5.52. The highest BCUT2D eigenvalue weighted by Crippen LogP contribution is 2.70. The fraction of sp³-hybridized carbons (Fsp3) is 0.500. The van der Waals surface area contributed by atoms with E-state index in [-0.39, 0.29) is 53.7 Å². The fourth-order valence-electron chi connectivity index (χ4n) is 9.93. The number of Topliss-reactive ketones (excluding diaryl/α,β-unsaturated/α-hetero) is 2. The third kappa shape index (κ3) is 4.65. The molecule has 1 aliphatic heterocycles. The molecule has 1 saturated heterocycles. The number of fused-ring (bicyclic) bond motifs is 7. The first kappa shape index (κ1) is 32.1. The van der Waals surface area contributed by atoms with Crippen LogP contribution < -0.4 is 4.74 Å². The molecule has 0 amide bonds. The van der Waals surface area contributed by atoms with Crippen molar-refractivity contribution in [3.63, 3.8) is 0 Å². The van der Waals surface area contributed by atoms with E-state index < -0.39 is 53.1 Å². The van der Waals surface area contributed by atoms with Crippen molar-refractivity contribution in [2.24, 2.45) is 28.6 Å². The van der Waals surface area contributed by atoms with Crippen LogP contribution in [0, 0.1) is 41.3 Å². The number of aryl methyl sites for hydroxylation is 1. The summed E-state index contributed by atoms with van der Waals surface area (Å²) in [5.74, 6) is -1.58. The Labute approximate surface area is 273 Å². The summed E-state index contributed by atoms with van der Waals surface area (Å²) in [4.78, 5) is 37.9. The Kier molecular flexibility index (Phi) is 7.71. The minimum Gasteiger partial charge on any atom is -0.486 e. The molecule has 47 heavy (non-hydrogen) atoms. The zero-order chi connectivity index (χ0) is 33.5. The Hall–Kier alpha value is -3.50. The molecule has 5 aliphatic rings. The average molecular weight is 645 g/mol. The summed E-state index contributed by atoms with van der Waals surface area (Å²) in [6.45, 7) is 6.49. The van der Waals surface area contributed by atoms with Crippen LogP contribution in [-0.2, 0) is 25.7 Å². The molecule has 4 fully saturated rings. The quantitative estimate of drug-likeness (QED) is 0.379. The van der Waals surface area contributed by atoms with Crippen LogP contribution in [0.25, 0.3) is 0 Å². The van der Waals surface area contributed by atoms with Gasteiger partial charge in [0.2, 0.25) is 0 Å². The highest BCUT2D eigenvalue weighted by Gasteiger charge is 2.76. The Morgan fingerprint density at radius 3 is 2.70 bits per heavy atom. The van der Waals surface area contributed by atoms with Gasteiger partial charge >= 0.3 is 0 Å². The second-order valence-corrected chi connectivity index (χ2v) is 14.5. The van der Waals surface area contributed by atoms with Gasteiger partial charge in [0.25, 0.3) is 0 Å². The predicted molar refractivity (Wildman–Crippen MR) is 169 cm³/mol. The van der Waals surface area contributed by atoms with E-state index in [1.54, 1.807) is 49.4 Å². The Morgan fingerprint density at radius 2 is 1.96 bits per heavy atom. The monoisotopic (exact) mass is 644 g/mol. The van der Waals surface area contributed by atoms with Gasteiger partial charge in [-0.1, -0.05) is 49.8 Å². The lowest BCUT2D eigenvalue weighted by molar-refractivity contribution is -0.201. The van der Waals surface area contributed by atoms with E-state index in [1.807, 2.05) is 13.0 Å². The summed E-state index contributed by atoms with van der Waals surface area (Å²) < 4.78 is 35.3. The molecule has 0 radical (unpaired) electrons. The van der Waals surface area contributed by atoms with Crippen LogP contribution in [0.15, 0.2) is 60.2 Å². The zero-order valence-electron chi connectivity index (χ0n) is 27.1. The number of ether oxygens (including phenoxy) is 3. The maximum absolute atomic E-state index is 16.3. The maximum atomic E-state index is 16.3. The van der Waals surface area contributed by atoms with Gasteiger partial charge in [0.1, 0.15) is 13.2 Å². The van der Waals surface area contributed by atoms with E-state index in [2.05, 4.69) is 6.92 Å². The number of hydrogen-bond donors (Lipinski definition) is 2. The molecule has 9 atom stereocenters. The van der Waals surface area contributed by atoms with Crippen LogP contribution in [0.1, 0.15) is 79.8 Å². The van der Waals surface area contributed by atoms with Crippen molar-refractivity contribution >= 4 is 17.3 Å². The van der Waals surface area contributed by atoms with E-state index >= 15 is 4.39 Å². The van der Waals surface area contributed by atoms with Crippen LogP contribution in [-0.4, -0.2) is 52.0 Å². The van der Waals surface area contributed by atoms with Crippen molar-refractivity contribution in [2.45, 2.75) is 84.1 Å². The lowest BCUT2D eigenvalue weighted by Gasteiger charge is -2.59. The molecule has 7 rings (SSSR count). The maximum Gasteiger partial charge on any atom is 0.193 e. The summed E-state index contributed by atoms with van der Waals surface area (Å²) in [6, 6.07) is 10.2. The van der Waals surface area contributed by atoms with Crippen LogP contribution >= 0.6 is 0 Å². The topological polar surface area (TPSA) is 119 Å². The molecule has 0 spiro atoms. The first-order valence-electron chi connectivity index (χ1n) is 16.5. The normalized spacial score (nSPS) is 37.0. The molecule has 1 heterocycles. The number of halogens is 1. The number of benzene rings is 2. The van der Waals surface area contributed by atoms with Gasteiger partial charge in [-0.25, -0.2) is 4.39 Å². The van der Waals surface area contributed by atoms with Crippen LogP contribution in [0.4, 0.5) is 4.39 Å². The molecule has 8 nitrogen and oxygen atoms in total. The summed E-state index contributed by atoms with van der Waals surface area (Å²) in [5.41, 5.74) is -0.0519. The van der Waals surface area contributed by atoms with Crippen molar-refractivity contribution in [1.29, 1.82) is 0 Å². The molecule has 2 aromatic rings. The lowest BCUT2D eigenvalue weighted by atomic mass is 9.46. The van der Waals surface area contributed by atoms with Crippen molar-refractivity contribution < 1.29 is 43.2 Å². The third-order valence-corrected chi connectivity index (χ3v) is 12.1. The molecule has 0 bridgehead atoms. The van der Waals surface area contributed by atoms with E-state index in [0.29, 0.717) is 29.5 Å². The smallest absolute Gasteiger partial charge is 0.193 e. The zero-order valence-corrected chi connectivity index (χ0v) is 27.1. The van der Waals surface area contributed by atoms with E-state index in [9.17, 15) is 24.6 Å². The molecule has 248 valence electrons. The third-order valence-electron chi connectivity index (χ3n) is 12.1. The van der Waals surface area contributed by atoms with Crippen LogP contribution in [0.3, 0.4) is 0 Å². The van der Waals surface area contributed by atoms with Gasteiger partial charge in [-0.05, 0) is 86.8 Å². The second kappa shape index (κ2) is 11.3. The van der Waals surface area contributed by atoms with Gasteiger partial charge in [-0.2, -0.15) is 0 Å².